The van der Waals surface area contributed by atoms with Gasteiger partial charge < -0.3 is 9.64 Å². The monoisotopic (exact) mass is 295 g/mol. The van der Waals surface area contributed by atoms with Crippen LogP contribution in [0.15, 0.2) is 60.7 Å². The summed E-state index contributed by atoms with van der Waals surface area (Å²) in [4.78, 5) is 1.18. The fraction of sp³-hybridized carbons (Fsp3) is 0.294. The molecule has 0 amide bonds. The molecule has 108 valence electrons. The fourth-order valence-electron chi connectivity index (χ4n) is 1.76. The molecule has 2 aromatic rings. The van der Waals surface area contributed by atoms with Crippen LogP contribution in [0.25, 0.3) is 0 Å². The Labute approximate surface area is 133 Å². The normalized spacial score (nSPS) is 15.0. The zero-order chi connectivity index (χ0) is 17.1. The molecule has 0 N–H and O–H groups in total. The van der Waals surface area contributed by atoms with Gasteiger partial charge in [0.1, 0.15) is 6.10 Å². The number of likely N-dealkylation sites (N-methyl/N-ethyl adjacent to an activating group) is 1. The molecule has 0 aliphatic carbocycles. The predicted molar refractivity (Wildman–Crippen MR) is 86.5 cm³/mol. The van der Waals surface area contributed by atoms with Gasteiger partial charge in [-0.25, -0.2) is 0 Å². The Bertz CT molecular complexity index is 584. The van der Waals surface area contributed by atoms with Gasteiger partial charge in [-0.1, -0.05) is 60.7 Å². The van der Waals surface area contributed by atoms with Gasteiger partial charge in [-0.05, 0) is 25.2 Å². The standard InChI is InChI=1S/C17H21NO.ClH/c1-18(2)13-14-19-17(15-9-5-3-6-10-15)16-11-7-4-8-12-16;/h3-12,17H,13-14H2,1-2H3;1H/i13D2,14D2;. The number of hydrogen-bond acceptors (Lipinski definition) is 2. The van der Waals surface area contributed by atoms with Crippen LogP contribution in [-0.4, -0.2) is 32.1 Å². The molecule has 0 aliphatic rings. The predicted octanol–water partition coefficient (Wildman–Crippen LogP) is 3.78. The maximum absolute atomic E-state index is 8.12. The molecule has 0 bridgehead atoms. The van der Waals surface area contributed by atoms with E-state index in [-0.39, 0.29) is 12.4 Å². The molecule has 3 heteroatoms. The molecule has 2 nitrogen and oxygen atoms in total. The molecular formula is C17H22ClNO. The van der Waals surface area contributed by atoms with Crippen molar-refractivity contribution in [1.82, 2.24) is 4.90 Å². The van der Waals surface area contributed by atoms with Gasteiger partial charge in [0.05, 0.1) is 9.30 Å². The Kier molecular flexibility index (Phi) is 4.95. The van der Waals surface area contributed by atoms with Crippen molar-refractivity contribution in [3.05, 3.63) is 71.8 Å². The van der Waals surface area contributed by atoms with Crippen LogP contribution in [0.2, 0.25) is 0 Å². The molecule has 20 heavy (non-hydrogen) atoms. The molecule has 2 rings (SSSR count). The first-order valence-electron chi connectivity index (χ1n) is 8.21. The first kappa shape index (κ1) is 11.3. The lowest BCUT2D eigenvalue weighted by atomic mass is 10.0. The number of rotatable bonds is 6. The highest BCUT2D eigenvalue weighted by Crippen LogP contribution is 2.25. The second-order valence-electron chi connectivity index (χ2n) is 4.43. The summed E-state index contributed by atoms with van der Waals surface area (Å²) in [6.45, 7) is -4.76. The molecule has 0 heterocycles. The lowest BCUT2D eigenvalue weighted by Crippen LogP contribution is -2.20. The van der Waals surface area contributed by atoms with E-state index in [1.165, 1.54) is 19.0 Å². The highest BCUT2D eigenvalue weighted by Gasteiger charge is 2.13. The lowest BCUT2D eigenvalue weighted by molar-refractivity contribution is 0.0687. The minimum atomic E-state index is -2.49. The minimum absolute atomic E-state index is 0. The Morgan fingerprint density at radius 3 is 1.80 bits per heavy atom. The van der Waals surface area contributed by atoms with E-state index in [1.807, 2.05) is 60.7 Å². The molecule has 2 aromatic carbocycles. The third kappa shape index (κ3) is 4.97. The Hall–Kier alpha value is -1.35. The van der Waals surface area contributed by atoms with Gasteiger partial charge in [0, 0.05) is 9.24 Å². The van der Waals surface area contributed by atoms with Crippen molar-refractivity contribution >= 4 is 12.4 Å². The van der Waals surface area contributed by atoms with E-state index in [9.17, 15) is 0 Å². The minimum Gasteiger partial charge on any atom is -0.367 e. The topological polar surface area (TPSA) is 12.5 Å². The molecule has 0 spiro atoms. The molecular weight excluding hydrogens is 270 g/mol. The van der Waals surface area contributed by atoms with Crippen LogP contribution in [0, 0.1) is 0 Å². The van der Waals surface area contributed by atoms with Crippen LogP contribution in [0.1, 0.15) is 22.7 Å². The molecule has 0 radical (unpaired) electrons. The molecule has 0 saturated carbocycles. The zero-order valence-corrected chi connectivity index (χ0v) is 12.4. The van der Waals surface area contributed by atoms with E-state index >= 15 is 0 Å². The van der Waals surface area contributed by atoms with E-state index in [2.05, 4.69) is 0 Å². The van der Waals surface area contributed by atoms with E-state index in [0.717, 1.165) is 11.1 Å². The first-order chi connectivity index (χ1) is 10.8. The smallest absolute Gasteiger partial charge is 0.108 e. The number of benzene rings is 2. The van der Waals surface area contributed by atoms with Gasteiger partial charge in [0.25, 0.3) is 0 Å². The second-order valence-corrected chi connectivity index (χ2v) is 4.43. The summed E-state index contributed by atoms with van der Waals surface area (Å²) in [5.41, 5.74) is 1.55. The number of halogens is 1. The van der Waals surface area contributed by atoms with Gasteiger partial charge in [-0.3, -0.25) is 0 Å². The number of hydrogen-bond donors (Lipinski definition) is 0. The molecule has 0 atom stereocenters. The quantitative estimate of drug-likeness (QED) is 0.804. The molecule has 0 fully saturated rings. The largest absolute Gasteiger partial charge is 0.367 e. The molecule has 0 saturated heterocycles. The Morgan fingerprint density at radius 1 is 0.950 bits per heavy atom. The SMILES string of the molecule is Cl.[2H]C([2H])(OC(c1ccccc1)c1ccccc1)C([2H])([2H])N(C)C. The third-order valence-electron chi connectivity index (χ3n) is 2.65. The van der Waals surface area contributed by atoms with E-state index < -0.39 is 19.2 Å². The van der Waals surface area contributed by atoms with Crippen LogP contribution < -0.4 is 0 Å². The molecule has 0 unspecified atom stereocenters. The first-order valence-corrected chi connectivity index (χ1v) is 6.21. The van der Waals surface area contributed by atoms with Crippen molar-refractivity contribution < 1.29 is 10.2 Å². The van der Waals surface area contributed by atoms with Gasteiger partial charge >= 0.3 is 0 Å². The summed E-state index contributed by atoms with van der Waals surface area (Å²) < 4.78 is 37.9. The van der Waals surface area contributed by atoms with Crippen LogP contribution in [0.4, 0.5) is 0 Å². The van der Waals surface area contributed by atoms with Gasteiger partial charge in [-0.2, -0.15) is 0 Å². The van der Waals surface area contributed by atoms with Gasteiger partial charge in [0.2, 0.25) is 0 Å². The zero-order valence-electron chi connectivity index (χ0n) is 15.6. The third-order valence-corrected chi connectivity index (χ3v) is 2.65. The second kappa shape index (κ2) is 8.75. The van der Waals surface area contributed by atoms with Crippen molar-refractivity contribution in [2.75, 3.05) is 27.2 Å². The van der Waals surface area contributed by atoms with Crippen molar-refractivity contribution in [3.63, 3.8) is 0 Å². The maximum Gasteiger partial charge on any atom is 0.108 e. The van der Waals surface area contributed by atoms with Gasteiger partial charge in [0.15, 0.2) is 0 Å². The van der Waals surface area contributed by atoms with E-state index in [0.29, 0.717) is 0 Å². The number of nitrogens with zero attached hydrogens (tertiary/aromatic N) is 1. The maximum atomic E-state index is 8.12. The summed E-state index contributed by atoms with van der Waals surface area (Å²) in [6, 6.07) is 18.5. The van der Waals surface area contributed by atoms with Crippen molar-refractivity contribution in [2.24, 2.45) is 0 Å². The molecule has 0 aliphatic heterocycles. The number of ether oxygens (including phenoxy) is 1. The van der Waals surface area contributed by atoms with Crippen LogP contribution in [0.3, 0.4) is 0 Å². The summed E-state index contributed by atoms with van der Waals surface area (Å²) in [7, 11) is 2.97. The van der Waals surface area contributed by atoms with Crippen LogP contribution >= 0.6 is 12.4 Å². The summed E-state index contributed by atoms with van der Waals surface area (Å²) in [5, 5.41) is 0. The van der Waals surface area contributed by atoms with Crippen molar-refractivity contribution in [3.8, 4) is 0 Å². The Morgan fingerprint density at radius 2 is 1.40 bits per heavy atom. The summed E-state index contributed by atoms with van der Waals surface area (Å²) in [5.74, 6) is 0. The fourth-order valence-corrected chi connectivity index (χ4v) is 1.76. The van der Waals surface area contributed by atoms with Crippen molar-refractivity contribution in [2.45, 2.75) is 6.10 Å². The lowest BCUT2D eigenvalue weighted by Gasteiger charge is -2.20. The summed E-state index contributed by atoms with van der Waals surface area (Å²) >= 11 is 0. The van der Waals surface area contributed by atoms with Crippen molar-refractivity contribution in [1.29, 1.82) is 0 Å². The van der Waals surface area contributed by atoms with Gasteiger partial charge in [-0.15, -0.1) is 12.4 Å². The summed E-state index contributed by atoms with van der Waals surface area (Å²) in [6.07, 6.45) is -0.692. The highest BCUT2D eigenvalue weighted by atomic mass is 35.5. The average Bonchev–Trinajstić information content (AvgIpc) is 2.54. The van der Waals surface area contributed by atoms with Crippen LogP contribution in [-0.2, 0) is 4.74 Å². The molecule has 0 aromatic heterocycles. The highest BCUT2D eigenvalue weighted by molar-refractivity contribution is 5.85. The van der Waals surface area contributed by atoms with E-state index in [1.54, 1.807) is 0 Å². The Balaban J connectivity index is 0.00000288. The average molecular weight is 296 g/mol. The van der Waals surface area contributed by atoms with E-state index in [4.69, 9.17) is 10.2 Å². The van der Waals surface area contributed by atoms with Crippen LogP contribution in [0.5, 0.6) is 0 Å².